The van der Waals surface area contributed by atoms with Gasteiger partial charge in [-0.3, -0.25) is 4.55 Å². The van der Waals surface area contributed by atoms with Crippen LogP contribution in [-0.4, -0.2) is 23.8 Å². The Kier molecular flexibility index (Phi) is 6.06. The molecule has 0 radical (unpaired) electrons. The Morgan fingerprint density at radius 1 is 1.67 bits per heavy atom. The molecule has 0 saturated heterocycles. The largest absolute Gasteiger partial charge is 1.00 e. The van der Waals surface area contributed by atoms with Gasteiger partial charge in [0.1, 0.15) is 4.87 Å². The maximum atomic E-state index is 10.1. The molecule has 1 atom stereocenters. The molecule has 12 heavy (non-hydrogen) atoms. The van der Waals surface area contributed by atoms with Crippen molar-refractivity contribution in [1.29, 1.82) is 0 Å². The van der Waals surface area contributed by atoms with E-state index in [2.05, 4.69) is 0 Å². The molecular formula is C3H6NNaO5S2. The second-order valence-electron chi connectivity index (χ2n) is 1.91. The van der Waals surface area contributed by atoms with Gasteiger partial charge < -0.3 is 15.6 Å². The molecule has 0 aromatic rings. The molecule has 66 valence electrons. The summed E-state index contributed by atoms with van der Waals surface area (Å²) >= 11 is 0. The van der Waals surface area contributed by atoms with Gasteiger partial charge in [0.25, 0.3) is 0 Å². The van der Waals surface area contributed by atoms with E-state index in [0.717, 1.165) is 6.92 Å². The molecule has 0 saturated carbocycles. The molecule has 0 heterocycles. The molecule has 0 fully saturated rings. The Morgan fingerprint density at radius 3 is 2.08 bits per heavy atom. The molecule has 9 heteroatoms. The zero-order chi connectivity index (χ0) is 9.28. The Hall–Kier alpha value is 0.690. The first-order valence-electron chi connectivity index (χ1n) is 2.33. The summed E-state index contributed by atoms with van der Waals surface area (Å²) in [6.45, 7) is 0.904. The molecule has 0 aromatic heterocycles. The summed E-state index contributed by atoms with van der Waals surface area (Å²) in [4.78, 5) is 7.93. The van der Waals surface area contributed by atoms with Crippen LogP contribution in [0.5, 0.6) is 0 Å². The molecule has 0 amide bonds. The molecule has 0 aliphatic heterocycles. The zero-order valence-electron chi connectivity index (χ0n) is 6.47. The fourth-order valence-electron chi connectivity index (χ4n) is 0.253. The van der Waals surface area contributed by atoms with Gasteiger partial charge in [0.15, 0.2) is 0 Å². The summed E-state index contributed by atoms with van der Waals surface area (Å²) in [6.07, 6.45) is 0. The number of carbonyl (C=O) groups excluding carboxylic acids is 1. The van der Waals surface area contributed by atoms with Crippen molar-refractivity contribution in [1.82, 2.24) is 0 Å². The van der Waals surface area contributed by atoms with Gasteiger partial charge in [0, 0.05) is 10.8 Å². The third-order valence-corrected chi connectivity index (χ3v) is 3.08. The quantitative estimate of drug-likeness (QED) is 0.212. The summed E-state index contributed by atoms with van der Waals surface area (Å²) in [7, 11) is -4.75. The van der Waals surface area contributed by atoms with Crippen molar-refractivity contribution in [2.75, 3.05) is 0 Å². The van der Waals surface area contributed by atoms with Crippen molar-refractivity contribution in [3.8, 4) is 0 Å². The molecule has 0 spiro atoms. The number of carboxylic acids is 1. The molecule has 3 N–H and O–H groups in total. The molecule has 0 rings (SSSR count). The van der Waals surface area contributed by atoms with Gasteiger partial charge in [-0.15, -0.1) is 0 Å². The minimum Gasteiger partial charge on any atom is -0.547 e. The Balaban J connectivity index is 0. The Bertz CT molecular complexity index is 260. The predicted octanol–water partition coefficient (Wildman–Crippen LogP) is -5.05. The van der Waals surface area contributed by atoms with E-state index >= 15 is 0 Å². The second-order valence-corrected chi connectivity index (χ2v) is 5.54. The minimum absolute atomic E-state index is 0. The number of hydrogen-bond donors (Lipinski definition) is 2. The standard InChI is InChI=1S/C3H7NO5S2.Na/c1-3(4,2(5)6)10-11(7,8)9;/h4H2,1H3,(H,5,6)(H,7,8,9);/q;+1/p-1/t3-;/m0./s1. The van der Waals surface area contributed by atoms with E-state index in [4.69, 9.17) is 10.3 Å². The van der Waals surface area contributed by atoms with E-state index in [0.29, 0.717) is 0 Å². The van der Waals surface area contributed by atoms with Gasteiger partial charge in [-0.25, -0.2) is 0 Å². The average Bonchev–Trinajstić information content (AvgIpc) is 1.56. The summed E-state index contributed by atoms with van der Waals surface area (Å²) in [5.41, 5.74) is 4.91. The first-order valence-corrected chi connectivity index (χ1v) is 5.11. The molecule has 0 aliphatic rings. The fraction of sp³-hybridized carbons (Fsp3) is 0.667. The van der Waals surface area contributed by atoms with Crippen LogP contribution in [0.25, 0.3) is 0 Å². The van der Waals surface area contributed by atoms with Crippen molar-refractivity contribution in [3.63, 3.8) is 0 Å². The summed E-state index contributed by atoms with van der Waals surface area (Å²) in [5.74, 6) is -1.76. The minimum atomic E-state index is -4.46. The maximum absolute atomic E-state index is 10.1. The first kappa shape index (κ1) is 15.2. The van der Waals surface area contributed by atoms with Gasteiger partial charge in [-0.1, -0.05) is 0 Å². The zero-order valence-corrected chi connectivity index (χ0v) is 10.1. The topological polar surface area (TPSA) is 121 Å². The van der Waals surface area contributed by atoms with Gasteiger partial charge in [0.2, 0.25) is 0 Å². The van der Waals surface area contributed by atoms with Crippen molar-refractivity contribution in [2.24, 2.45) is 5.73 Å². The fourth-order valence-corrected chi connectivity index (χ4v) is 2.28. The molecule has 0 aromatic carbocycles. The first-order chi connectivity index (χ1) is 4.65. The average molecular weight is 223 g/mol. The maximum Gasteiger partial charge on any atom is 1.00 e. The van der Waals surface area contributed by atoms with E-state index in [-0.39, 0.29) is 40.4 Å². The Labute approximate surface area is 95.3 Å². The summed E-state index contributed by atoms with van der Waals surface area (Å²) < 4.78 is 28.4. The molecule has 6 nitrogen and oxygen atoms in total. The summed E-state index contributed by atoms with van der Waals surface area (Å²) in [5, 5.41) is 10.1. The van der Waals surface area contributed by atoms with E-state index in [9.17, 15) is 18.3 Å². The third-order valence-electron chi connectivity index (χ3n) is 0.684. The van der Waals surface area contributed by atoms with Gasteiger partial charge in [-0.2, -0.15) is 8.42 Å². The molecular weight excluding hydrogens is 217 g/mol. The smallest absolute Gasteiger partial charge is 0.547 e. The van der Waals surface area contributed by atoms with Crippen LogP contribution in [0.3, 0.4) is 0 Å². The number of aliphatic carboxylic acids is 1. The van der Waals surface area contributed by atoms with Crippen LogP contribution in [0.4, 0.5) is 0 Å². The monoisotopic (exact) mass is 223 g/mol. The number of carboxylic acid groups (broad SMARTS) is 1. The SMILES string of the molecule is C[C@](N)(SS(=O)(=O)O)C(=O)[O-].[Na+]. The van der Waals surface area contributed by atoms with Crippen LogP contribution in [0.1, 0.15) is 6.92 Å². The van der Waals surface area contributed by atoms with E-state index in [1.807, 2.05) is 0 Å². The van der Waals surface area contributed by atoms with Crippen LogP contribution >= 0.6 is 10.8 Å². The van der Waals surface area contributed by atoms with Crippen LogP contribution in [0.15, 0.2) is 0 Å². The van der Waals surface area contributed by atoms with Crippen LogP contribution in [0, 0.1) is 0 Å². The van der Waals surface area contributed by atoms with Crippen LogP contribution < -0.4 is 40.4 Å². The van der Waals surface area contributed by atoms with Crippen molar-refractivity contribution in [2.45, 2.75) is 11.8 Å². The van der Waals surface area contributed by atoms with E-state index in [1.54, 1.807) is 0 Å². The number of nitrogens with two attached hydrogens (primary N) is 1. The molecule has 0 aliphatic carbocycles. The molecule has 0 bridgehead atoms. The van der Waals surface area contributed by atoms with Gasteiger partial charge in [-0.05, 0) is 6.92 Å². The number of carbonyl (C=O) groups is 1. The van der Waals surface area contributed by atoms with E-state index < -0.39 is 20.0 Å². The van der Waals surface area contributed by atoms with Crippen molar-refractivity contribution < 1.29 is 52.4 Å². The van der Waals surface area contributed by atoms with Crippen LogP contribution in [0.2, 0.25) is 0 Å². The second kappa shape index (κ2) is 4.80. The van der Waals surface area contributed by atoms with E-state index in [1.165, 1.54) is 0 Å². The third kappa shape index (κ3) is 6.23. The normalized spacial score (nSPS) is 15.9. The Morgan fingerprint density at radius 2 is 2.00 bits per heavy atom. The number of rotatable bonds is 3. The van der Waals surface area contributed by atoms with Crippen molar-refractivity contribution in [3.05, 3.63) is 0 Å². The molecule has 0 unspecified atom stereocenters. The van der Waals surface area contributed by atoms with Crippen molar-refractivity contribution >= 4 is 25.9 Å². The van der Waals surface area contributed by atoms with Crippen LogP contribution in [-0.2, 0) is 13.9 Å². The summed E-state index contributed by atoms with van der Waals surface area (Å²) in [6, 6.07) is 0. The van der Waals surface area contributed by atoms with Gasteiger partial charge in [0.05, 0.1) is 5.97 Å². The predicted molar refractivity (Wildman–Crippen MR) is 36.7 cm³/mol. The number of hydrogen-bond acceptors (Lipinski definition) is 6. The van der Waals surface area contributed by atoms with Gasteiger partial charge >= 0.3 is 38.7 Å².